The number of benzene rings is 2. The SMILES string of the molecule is COC(/N=C(\N)SC(c1ccccc1)N(C)C)N1CCC2(CC1)CN(S(N)(=O)=O)c1ccccc12. The second-order valence-electron chi connectivity index (χ2n) is 9.26. The molecule has 2 aromatic carbocycles. The van der Waals surface area contributed by atoms with E-state index in [0.717, 1.165) is 24.0 Å². The molecule has 1 saturated heterocycles. The first-order valence-electron chi connectivity index (χ1n) is 11.5. The highest BCUT2D eigenvalue weighted by Gasteiger charge is 2.47. The first kappa shape index (κ1) is 25.9. The van der Waals surface area contributed by atoms with Crippen LogP contribution in [0.1, 0.15) is 29.3 Å². The molecular formula is C24H34N6O3S2. The molecule has 2 aliphatic heterocycles. The van der Waals surface area contributed by atoms with Crippen LogP contribution in [0.3, 0.4) is 0 Å². The summed E-state index contributed by atoms with van der Waals surface area (Å²) in [5.74, 6) is 0. The fraction of sp³-hybridized carbons (Fsp3) is 0.458. The van der Waals surface area contributed by atoms with E-state index in [1.54, 1.807) is 7.11 Å². The van der Waals surface area contributed by atoms with Crippen molar-refractivity contribution in [3.8, 4) is 0 Å². The first-order valence-corrected chi connectivity index (χ1v) is 13.9. The van der Waals surface area contributed by atoms with Crippen LogP contribution in [0.2, 0.25) is 0 Å². The summed E-state index contributed by atoms with van der Waals surface area (Å²) in [5, 5.41) is 6.01. The molecule has 35 heavy (non-hydrogen) atoms. The van der Waals surface area contributed by atoms with Gasteiger partial charge in [0.2, 0.25) is 6.35 Å². The molecule has 0 saturated carbocycles. The molecule has 4 N–H and O–H groups in total. The Labute approximate surface area is 212 Å². The lowest BCUT2D eigenvalue weighted by molar-refractivity contribution is -0.0438. The van der Waals surface area contributed by atoms with E-state index in [-0.39, 0.29) is 10.8 Å². The van der Waals surface area contributed by atoms with Crippen LogP contribution in [0.4, 0.5) is 5.69 Å². The first-order chi connectivity index (χ1) is 16.6. The quantitative estimate of drug-likeness (QED) is 0.328. The second-order valence-corrected chi connectivity index (χ2v) is 11.8. The topological polar surface area (TPSA) is 117 Å². The average Bonchev–Trinajstić information content (AvgIpc) is 3.17. The molecule has 2 atom stereocenters. The lowest BCUT2D eigenvalue weighted by atomic mass is 9.74. The van der Waals surface area contributed by atoms with E-state index in [0.29, 0.717) is 30.5 Å². The van der Waals surface area contributed by atoms with Crippen molar-refractivity contribution in [2.75, 3.05) is 45.1 Å². The third kappa shape index (κ3) is 5.50. The maximum atomic E-state index is 12.2. The van der Waals surface area contributed by atoms with Gasteiger partial charge >= 0.3 is 0 Å². The minimum atomic E-state index is -3.83. The van der Waals surface area contributed by atoms with Crippen LogP contribution in [0, 0.1) is 0 Å². The van der Waals surface area contributed by atoms with Crippen molar-refractivity contribution < 1.29 is 13.2 Å². The number of amidine groups is 1. The molecule has 2 heterocycles. The molecular weight excluding hydrogens is 484 g/mol. The fourth-order valence-corrected chi connectivity index (χ4v) is 6.78. The van der Waals surface area contributed by atoms with Crippen molar-refractivity contribution >= 4 is 32.8 Å². The Bertz CT molecular complexity index is 1150. The third-order valence-corrected chi connectivity index (χ3v) is 9.00. The van der Waals surface area contributed by atoms with Crippen LogP contribution < -0.4 is 15.2 Å². The number of anilines is 1. The Morgan fingerprint density at radius 3 is 2.34 bits per heavy atom. The molecule has 0 bridgehead atoms. The van der Waals surface area contributed by atoms with Crippen LogP contribution in [0.15, 0.2) is 59.6 Å². The summed E-state index contributed by atoms with van der Waals surface area (Å²) >= 11 is 1.49. The van der Waals surface area contributed by atoms with E-state index >= 15 is 0 Å². The predicted molar refractivity (Wildman–Crippen MR) is 142 cm³/mol. The van der Waals surface area contributed by atoms with Gasteiger partial charge in [0.05, 0.1) is 11.1 Å². The van der Waals surface area contributed by atoms with Crippen LogP contribution in [0.25, 0.3) is 0 Å². The number of hydrogen-bond acceptors (Lipinski definition) is 7. The molecule has 11 heteroatoms. The lowest BCUT2D eigenvalue weighted by Crippen LogP contribution is -2.50. The summed E-state index contributed by atoms with van der Waals surface area (Å²) in [6.07, 6.45) is 1.02. The average molecular weight is 519 g/mol. The molecule has 1 fully saturated rings. The molecule has 9 nitrogen and oxygen atoms in total. The Morgan fingerprint density at radius 1 is 1.11 bits per heavy atom. The van der Waals surface area contributed by atoms with E-state index in [2.05, 4.69) is 26.9 Å². The van der Waals surface area contributed by atoms with Crippen LogP contribution in [0.5, 0.6) is 0 Å². The summed E-state index contributed by atoms with van der Waals surface area (Å²) in [4.78, 5) is 8.94. The third-order valence-electron chi connectivity index (χ3n) is 6.80. The lowest BCUT2D eigenvalue weighted by Gasteiger charge is -2.41. The van der Waals surface area contributed by atoms with Gasteiger partial charge < -0.3 is 10.5 Å². The standard InChI is InChI=1S/C24H34N6O3S2/c1-28(2)21(18-9-5-4-6-10-18)34-22(25)27-23(33-3)29-15-13-24(14-16-29)17-30(35(26,31)32)20-12-8-7-11-19(20)24/h4-12,21,23H,13-17H2,1-3H3,(H2,25,27)(H2,26,31,32). The van der Waals surface area contributed by atoms with Gasteiger partial charge in [-0.15, -0.1) is 0 Å². The van der Waals surface area contributed by atoms with Crippen molar-refractivity contribution in [3.05, 3.63) is 65.7 Å². The molecule has 0 aliphatic carbocycles. The minimum Gasteiger partial charge on any atom is -0.378 e. The summed E-state index contributed by atoms with van der Waals surface area (Å²) < 4.78 is 31.5. The zero-order valence-corrected chi connectivity index (χ0v) is 22.0. The number of methoxy groups -OCH3 is 1. The summed E-state index contributed by atoms with van der Waals surface area (Å²) in [6, 6.07) is 17.8. The number of para-hydroxylation sites is 1. The van der Waals surface area contributed by atoms with Gasteiger partial charge in [0.1, 0.15) is 0 Å². The van der Waals surface area contributed by atoms with E-state index < -0.39 is 16.6 Å². The highest BCUT2D eigenvalue weighted by atomic mass is 32.2. The molecule has 190 valence electrons. The van der Waals surface area contributed by atoms with Crippen molar-refractivity contribution in [2.24, 2.45) is 15.9 Å². The van der Waals surface area contributed by atoms with Crippen molar-refractivity contribution in [1.82, 2.24) is 9.80 Å². The van der Waals surface area contributed by atoms with Crippen LogP contribution >= 0.6 is 11.8 Å². The van der Waals surface area contributed by atoms with Gasteiger partial charge in [-0.1, -0.05) is 60.3 Å². The van der Waals surface area contributed by atoms with Gasteiger partial charge in [-0.25, -0.2) is 10.1 Å². The number of hydrogen-bond donors (Lipinski definition) is 2. The number of likely N-dealkylation sites (tertiary alicyclic amines) is 1. The number of thioether (sulfide) groups is 1. The number of aliphatic imine (C=N–C) groups is 1. The Balaban J connectivity index is 1.47. The van der Waals surface area contributed by atoms with Gasteiger partial charge in [0.15, 0.2) is 5.17 Å². The monoisotopic (exact) mass is 518 g/mol. The van der Waals surface area contributed by atoms with Crippen molar-refractivity contribution in [1.29, 1.82) is 0 Å². The summed E-state index contributed by atoms with van der Waals surface area (Å²) in [7, 11) is 1.82. The van der Waals surface area contributed by atoms with Gasteiger partial charge in [-0.2, -0.15) is 8.42 Å². The smallest absolute Gasteiger partial charge is 0.299 e. The van der Waals surface area contributed by atoms with Gasteiger partial charge in [0.25, 0.3) is 10.2 Å². The number of nitrogens with two attached hydrogens (primary N) is 2. The normalized spacial score (nSPS) is 20.3. The molecule has 0 aromatic heterocycles. The Hall–Kier alpha value is -2.15. The van der Waals surface area contributed by atoms with Gasteiger partial charge in [-0.05, 0) is 44.1 Å². The largest absolute Gasteiger partial charge is 0.378 e. The Morgan fingerprint density at radius 2 is 1.74 bits per heavy atom. The number of rotatable bonds is 7. The minimum absolute atomic E-state index is 0.0290. The van der Waals surface area contributed by atoms with Crippen LogP contribution in [-0.2, 0) is 20.4 Å². The van der Waals surface area contributed by atoms with Crippen molar-refractivity contribution in [2.45, 2.75) is 30.0 Å². The molecule has 2 aliphatic rings. The number of piperidine rings is 1. The molecule has 2 aromatic rings. The summed E-state index contributed by atoms with van der Waals surface area (Å²) in [5.41, 5.74) is 8.97. The van der Waals surface area contributed by atoms with Gasteiger partial charge in [-0.3, -0.25) is 14.1 Å². The number of nitrogens with zero attached hydrogens (tertiary/aromatic N) is 4. The highest BCUT2D eigenvalue weighted by Crippen LogP contribution is 2.47. The van der Waals surface area contributed by atoms with E-state index in [4.69, 9.17) is 15.6 Å². The molecule has 0 radical (unpaired) electrons. The van der Waals surface area contributed by atoms with E-state index in [9.17, 15) is 8.42 Å². The maximum absolute atomic E-state index is 12.2. The summed E-state index contributed by atoms with van der Waals surface area (Å²) in [6.45, 7) is 1.75. The molecule has 1 spiro atoms. The predicted octanol–water partition coefficient (Wildman–Crippen LogP) is 2.28. The molecule has 0 amide bonds. The zero-order valence-electron chi connectivity index (χ0n) is 20.4. The highest BCUT2D eigenvalue weighted by molar-refractivity contribution is 8.13. The molecule has 2 unspecified atom stereocenters. The Kier molecular flexibility index (Phi) is 7.74. The molecule has 4 rings (SSSR count). The zero-order chi connectivity index (χ0) is 25.2. The number of fused-ring (bicyclic) bond motifs is 2. The number of ether oxygens (including phenoxy) is 1. The van der Waals surface area contributed by atoms with Crippen LogP contribution in [-0.4, -0.2) is 70.6 Å². The van der Waals surface area contributed by atoms with E-state index in [1.807, 2.05) is 56.6 Å². The van der Waals surface area contributed by atoms with Gasteiger partial charge in [0, 0.05) is 32.2 Å². The maximum Gasteiger partial charge on any atom is 0.299 e. The fourth-order valence-electron chi connectivity index (χ4n) is 5.04. The van der Waals surface area contributed by atoms with E-state index in [1.165, 1.54) is 16.1 Å². The van der Waals surface area contributed by atoms with Crippen molar-refractivity contribution in [3.63, 3.8) is 0 Å². The second kappa shape index (κ2) is 10.5.